The predicted octanol–water partition coefficient (Wildman–Crippen LogP) is 2.58. The summed E-state index contributed by atoms with van der Waals surface area (Å²) in [7, 11) is 0. The molecular weight excluding hydrogens is 378 g/mol. The second-order valence-electron chi connectivity index (χ2n) is 8.74. The summed E-state index contributed by atoms with van der Waals surface area (Å²) < 4.78 is 3.46. The fourth-order valence-corrected chi connectivity index (χ4v) is 4.69. The number of pyridine rings is 1. The quantitative estimate of drug-likeness (QED) is 0.555. The molecule has 0 aromatic carbocycles. The third-order valence-electron chi connectivity index (χ3n) is 6.46. The maximum Gasteiger partial charge on any atom is 0.276 e. The van der Waals surface area contributed by atoms with Crippen molar-refractivity contribution in [1.29, 1.82) is 0 Å². The Morgan fingerprint density at radius 1 is 1.17 bits per heavy atom. The van der Waals surface area contributed by atoms with Crippen molar-refractivity contribution in [2.45, 2.75) is 51.1 Å². The lowest BCUT2D eigenvalue weighted by molar-refractivity contribution is 0.264. The van der Waals surface area contributed by atoms with Crippen LogP contribution in [0.4, 0.5) is 0 Å². The number of aromatic nitrogens is 6. The van der Waals surface area contributed by atoms with Crippen LogP contribution in [0.25, 0.3) is 27.9 Å². The number of fused-ring (bicyclic) bond motifs is 2. The van der Waals surface area contributed by atoms with E-state index < -0.39 is 0 Å². The third-order valence-corrected chi connectivity index (χ3v) is 6.46. The van der Waals surface area contributed by atoms with Gasteiger partial charge in [0, 0.05) is 5.54 Å². The van der Waals surface area contributed by atoms with Gasteiger partial charge < -0.3 is 5.32 Å². The van der Waals surface area contributed by atoms with Gasteiger partial charge in [-0.3, -0.25) is 4.79 Å². The molecule has 152 valence electrons. The molecule has 8 heteroatoms. The van der Waals surface area contributed by atoms with E-state index in [9.17, 15) is 4.79 Å². The Morgan fingerprint density at radius 3 is 2.87 bits per heavy atom. The lowest BCUT2D eigenvalue weighted by Crippen LogP contribution is -2.43. The van der Waals surface area contributed by atoms with Crippen LogP contribution in [0.3, 0.4) is 0 Å². The second kappa shape index (κ2) is 6.18. The Hall–Kier alpha value is -3.13. The van der Waals surface area contributed by atoms with Gasteiger partial charge in [0.25, 0.3) is 5.56 Å². The first-order valence-electron chi connectivity index (χ1n) is 10.5. The molecule has 0 unspecified atom stereocenters. The van der Waals surface area contributed by atoms with Gasteiger partial charge in [0.2, 0.25) is 0 Å². The molecule has 6 rings (SSSR count). The van der Waals surface area contributed by atoms with Gasteiger partial charge in [-0.15, -0.1) is 0 Å². The third kappa shape index (κ3) is 2.74. The van der Waals surface area contributed by atoms with Crippen molar-refractivity contribution < 1.29 is 0 Å². The Morgan fingerprint density at radius 2 is 2.03 bits per heavy atom. The SMILES string of the molecule is Cc1cn2nc(-c3ccc4c(=O)n([C@H]5CCNC6(CC6)C5)ncc4n3)cc(C)c2n1. The molecule has 1 spiro atoms. The van der Waals surface area contributed by atoms with Crippen molar-refractivity contribution in [3.63, 3.8) is 0 Å². The van der Waals surface area contributed by atoms with Crippen molar-refractivity contribution in [1.82, 2.24) is 34.7 Å². The largest absolute Gasteiger partial charge is 0.311 e. The summed E-state index contributed by atoms with van der Waals surface area (Å²) in [6.07, 6.45) is 7.92. The predicted molar refractivity (Wildman–Crippen MR) is 113 cm³/mol. The van der Waals surface area contributed by atoms with Crippen LogP contribution in [-0.4, -0.2) is 41.4 Å². The van der Waals surface area contributed by atoms with Gasteiger partial charge in [-0.2, -0.15) is 10.2 Å². The van der Waals surface area contributed by atoms with E-state index in [1.807, 2.05) is 38.2 Å². The minimum Gasteiger partial charge on any atom is -0.311 e. The normalized spacial score (nSPS) is 20.3. The lowest BCUT2D eigenvalue weighted by Gasteiger charge is -2.30. The van der Waals surface area contributed by atoms with Gasteiger partial charge >= 0.3 is 0 Å². The number of nitrogens with one attached hydrogen (secondary N) is 1. The highest BCUT2D eigenvalue weighted by Crippen LogP contribution is 2.44. The number of rotatable bonds is 2. The summed E-state index contributed by atoms with van der Waals surface area (Å²) in [6.45, 7) is 4.90. The van der Waals surface area contributed by atoms with Gasteiger partial charge in [0.1, 0.15) is 5.69 Å². The van der Waals surface area contributed by atoms with E-state index in [-0.39, 0.29) is 17.1 Å². The topological polar surface area (TPSA) is 90.0 Å². The molecule has 4 aromatic rings. The van der Waals surface area contributed by atoms with E-state index >= 15 is 0 Å². The van der Waals surface area contributed by atoms with Crippen molar-refractivity contribution in [3.05, 3.63) is 52.2 Å². The minimum atomic E-state index is -0.0564. The molecule has 1 atom stereocenters. The van der Waals surface area contributed by atoms with Crippen molar-refractivity contribution in [2.24, 2.45) is 0 Å². The molecule has 1 saturated heterocycles. The molecule has 5 heterocycles. The number of nitrogens with zero attached hydrogens (tertiary/aromatic N) is 6. The van der Waals surface area contributed by atoms with Crippen LogP contribution >= 0.6 is 0 Å². The minimum absolute atomic E-state index is 0.0564. The molecule has 4 aromatic heterocycles. The summed E-state index contributed by atoms with van der Waals surface area (Å²) in [5.74, 6) is 0. The zero-order valence-corrected chi connectivity index (χ0v) is 17.1. The van der Waals surface area contributed by atoms with Crippen molar-refractivity contribution in [3.8, 4) is 11.4 Å². The standard InChI is InChI=1S/C22H23N7O/c1-13-9-18(27-28-12-14(2)25-20(13)28)17-4-3-16-19(26-17)11-24-29(21(16)30)15-5-8-23-22(10-15)6-7-22/h3-4,9,11-12,15,23H,5-8,10H2,1-2H3/t15-/m0/s1. The summed E-state index contributed by atoms with van der Waals surface area (Å²) in [4.78, 5) is 22.4. The van der Waals surface area contributed by atoms with Gasteiger partial charge in [-0.25, -0.2) is 19.2 Å². The van der Waals surface area contributed by atoms with E-state index in [1.165, 1.54) is 12.8 Å². The first-order valence-corrected chi connectivity index (χ1v) is 10.5. The Balaban J connectivity index is 1.41. The summed E-state index contributed by atoms with van der Waals surface area (Å²) in [5.41, 5.74) is 5.05. The highest BCUT2D eigenvalue weighted by molar-refractivity contribution is 5.79. The first kappa shape index (κ1) is 17.7. The number of piperidine rings is 1. The first-order chi connectivity index (χ1) is 14.5. The van der Waals surface area contributed by atoms with E-state index in [0.29, 0.717) is 10.9 Å². The van der Waals surface area contributed by atoms with Crippen LogP contribution in [0, 0.1) is 13.8 Å². The molecule has 2 aliphatic rings. The molecule has 0 amide bonds. The summed E-state index contributed by atoms with van der Waals surface area (Å²) >= 11 is 0. The van der Waals surface area contributed by atoms with Crippen LogP contribution in [0.5, 0.6) is 0 Å². The van der Waals surface area contributed by atoms with Gasteiger partial charge in [0.05, 0.1) is 40.7 Å². The zero-order valence-electron chi connectivity index (χ0n) is 17.1. The van der Waals surface area contributed by atoms with Crippen LogP contribution in [0.2, 0.25) is 0 Å². The zero-order chi connectivity index (χ0) is 20.5. The van der Waals surface area contributed by atoms with E-state index in [2.05, 4.69) is 20.5 Å². The fraction of sp³-hybridized carbons (Fsp3) is 0.409. The molecule has 30 heavy (non-hydrogen) atoms. The van der Waals surface area contributed by atoms with Crippen molar-refractivity contribution >= 4 is 16.6 Å². The molecule has 0 radical (unpaired) electrons. The highest BCUT2D eigenvalue weighted by atomic mass is 16.1. The number of aryl methyl sites for hydroxylation is 2. The maximum absolute atomic E-state index is 13.2. The lowest BCUT2D eigenvalue weighted by atomic mass is 9.97. The van der Waals surface area contributed by atoms with E-state index in [0.717, 1.165) is 47.7 Å². The number of hydrogen-bond donors (Lipinski definition) is 1. The van der Waals surface area contributed by atoms with Crippen LogP contribution < -0.4 is 10.9 Å². The van der Waals surface area contributed by atoms with E-state index in [4.69, 9.17) is 4.98 Å². The van der Waals surface area contributed by atoms with Gasteiger partial charge in [0.15, 0.2) is 5.65 Å². The monoisotopic (exact) mass is 401 g/mol. The van der Waals surface area contributed by atoms with Gasteiger partial charge in [-0.05, 0) is 69.8 Å². The molecule has 1 aliphatic heterocycles. The maximum atomic E-state index is 13.2. The molecule has 1 saturated carbocycles. The molecule has 0 bridgehead atoms. The number of hydrogen-bond acceptors (Lipinski definition) is 6. The second-order valence-corrected chi connectivity index (χ2v) is 8.74. The van der Waals surface area contributed by atoms with E-state index in [1.54, 1.807) is 15.4 Å². The average Bonchev–Trinajstić information content (AvgIpc) is 3.35. The number of imidazole rings is 1. The molecule has 2 fully saturated rings. The summed E-state index contributed by atoms with van der Waals surface area (Å²) in [6, 6.07) is 5.86. The molecule has 1 N–H and O–H groups in total. The molecule has 8 nitrogen and oxygen atoms in total. The Bertz CT molecular complexity index is 1370. The smallest absolute Gasteiger partial charge is 0.276 e. The van der Waals surface area contributed by atoms with Crippen LogP contribution in [0.1, 0.15) is 43.0 Å². The average molecular weight is 401 g/mol. The van der Waals surface area contributed by atoms with Crippen LogP contribution in [0.15, 0.2) is 35.4 Å². The Kier molecular flexibility index (Phi) is 3.65. The summed E-state index contributed by atoms with van der Waals surface area (Å²) in [5, 5.41) is 13.4. The van der Waals surface area contributed by atoms with Crippen LogP contribution in [-0.2, 0) is 0 Å². The van der Waals surface area contributed by atoms with Crippen molar-refractivity contribution in [2.75, 3.05) is 6.54 Å². The Labute approximate surface area is 173 Å². The molecular formula is C22H23N7O. The highest BCUT2D eigenvalue weighted by Gasteiger charge is 2.46. The van der Waals surface area contributed by atoms with Gasteiger partial charge in [-0.1, -0.05) is 0 Å². The molecule has 1 aliphatic carbocycles. The fourth-order valence-electron chi connectivity index (χ4n) is 4.69.